The molecule has 0 bridgehead atoms. The number of carbonyl (C=O) groups is 2. The second-order valence-corrected chi connectivity index (χ2v) is 6.28. The average Bonchev–Trinajstić information content (AvgIpc) is 3.28. The second kappa shape index (κ2) is 6.45. The lowest BCUT2D eigenvalue weighted by atomic mass is 10.1. The Balaban J connectivity index is 1.62. The van der Waals surface area contributed by atoms with E-state index in [0.717, 1.165) is 22.3 Å². The van der Waals surface area contributed by atoms with Gasteiger partial charge in [-0.25, -0.2) is 4.98 Å². The summed E-state index contributed by atoms with van der Waals surface area (Å²) in [5.41, 5.74) is 10.2. The molecule has 7 heteroatoms. The van der Waals surface area contributed by atoms with Gasteiger partial charge in [-0.2, -0.15) is 0 Å². The summed E-state index contributed by atoms with van der Waals surface area (Å²) in [7, 11) is 0. The first kappa shape index (κ1) is 16.6. The van der Waals surface area contributed by atoms with E-state index in [4.69, 9.17) is 5.73 Å². The molecule has 27 heavy (non-hydrogen) atoms. The number of nitrogens with one attached hydrogen (secondary N) is 2. The van der Waals surface area contributed by atoms with Gasteiger partial charge in [0.1, 0.15) is 12.0 Å². The van der Waals surface area contributed by atoms with Crippen molar-refractivity contribution in [3.8, 4) is 5.69 Å². The summed E-state index contributed by atoms with van der Waals surface area (Å²) >= 11 is 0. The van der Waals surface area contributed by atoms with E-state index in [1.807, 2.05) is 35.8 Å². The predicted octanol–water partition coefficient (Wildman–Crippen LogP) is 3.01. The van der Waals surface area contributed by atoms with E-state index in [-0.39, 0.29) is 11.6 Å². The van der Waals surface area contributed by atoms with Crippen molar-refractivity contribution >= 4 is 28.5 Å². The van der Waals surface area contributed by atoms with Crippen LogP contribution in [0.5, 0.6) is 0 Å². The number of nitrogens with zero attached hydrogens (tertiary/aromatic N) is 2. The van der Waals surface area contributed by atoms with Crippen LogP contribution in [-0.4, -0.2) is 26.3 Å². The quantitative estimate of drug-likeness (QED) is 0.521. The maximum Gasteiger partial charge on any atom is 0.265 e. The van der Waals surface area contributed by atoms with Crippen LogP contribution in [0.4, 0.5) is 5.69 Å². The number of imidazole rings is 1. The molecule has 2 amide bonds. The Hall–Kier alpha value is -3.87. The fraction of sp³-hybridized carbons (Fsp3) is 0.0500. The number of aromatic nitrogens is 3. The maximum atomic E-state index is 12.5. The molecule has 0 spiro atoms. The molecule has 7 nitrogen and oxygen atoms in total. The van der Waals surface area contributed by atoms with Crippen LogP contribution in [0.25, 0.3) is 16.7 Å². The van der Waals surface area contributed by atoms with Crippen LogP contribution in [0.3, 0.4) is 0 Å². The van der Waals surface area contributed by atoms with Gasteiger partial charge in [0.25, 0.3) is 11.8 Å². The van der Waals surface area contributed by atoms with Crippen molar-refractivity contribution in [2.75, 3.05) is 5.32 Å². The lowest BCUT2D eigenvalue weighted by Gasteiger charge is -2.06. The second-order valence-electron chi connectivity index (χ2n) is 6.28. The van der Waals surface area contributed by atoms with Crippen molar-refractivity contribution in [2.24, 2.45) is 5.73 Å². The molecule has 0 fully saturated rings. The molecule has 0 aliphatic rings. The summed E-state index contributed by atoms with van der Waals surface area (Å²) in [5, 5.41) is 2.73. The van der Waals surface area contributed by atoms with Crippen LogP contribution in [0.2, 0.25) is 0 Å². The average molecular weight is 359 g/mol. The highest BCUT2D eigenvalue weighted by Gasteiger charge is 2.12. The zero-order valence-electron chi connectivity index (χ0n) is 14.6. The highest BCUT2D eigenvalue weighted by atomic mass is 16.2. The molecule has 0 radical (unpaired) electrons. The maximum absolute atomic E-state index is 12.5. The van der Waals surface area contributed by atoms with E-state index in [1.54, 1.807) is 18.5 Å². The largest absolute Gasteiger partial charge is 0.364 e. The van der Waals surface area contributed by atoms with Gasteiger partial charge in [0.15, 0.2) is 0 Å². The minimum Gasteiger partial charge on any atom is -0.364 e. The van der Waals surface area contributed by atoms with Gasteiger partial charge in [-0.1, -0.05) is 12.1 Å². The van der Waals surface area contributed by atoms with Crippen molar-refractivity contribution in [1.29, 1.82) is 0 Å². The van der Waals surface area contributed by atoms with Crippen LogP contribution in [-0.2, 0) is 0 Å². The number of fused-ring (bicyclic) bond motifs is 1. The van der Waals surface area contributed by atoms with Crippen molar-refractivity contribution in [3.05, 3.63) is 77.9 Å². The minimum absolute atomic E-state index is 0.234. The lowest BCUT2D eigenvalue weighted by molar-refractivity contribution is 0.0993. The number of aromatic amines is 1. The first-order valence-corrected chi connectivity index (χ1v) is 8.35. The highest BCUT2D eigenvalue weighted by molar-refractivity contribution is 6.06. The minimum atomic E-state index is -0.585. The number of hydrogen-bond acceptors (Lipinski definition) is 3. The summed E-state index contributed by atoms with van der Waals surface area (Å²) < 4.78 is 1.98. The molecule has 0 unspecified atom stereocenters. The standard InChI is InChI=1S/C20H17N5O2/c1-12-3-2-4-15(7-12)25-11-23-16-8-13(5-6-18(16)25)20(27)24-14-9-17(19(21)26)22-10-14/h2-11,22H,1H3,(H2,21,26)(H,24,27). The molecule has 4 N–H and O–H groups in total. The zero-order chi connectivity index (χ0) is 19.0. The third kappa shape index (κ3) is 3.18. The molecule has 2 heterocycles. The Morgan fingerprint density at radius 2 is 2.00 bits per heavy atom. The molecular formula is C20H17N5O2. The Kier molecular flexibility index (Phi) is 3.97. The van der Waals surface area contributed by atoms with Gasteiger partial charge in [0.2, 0.25) is 0 Å². The summed E-state index contributed by atoms with van der Waals surface area (Å²) in [4.78, 5) is 30.7. The number of primary amides is 1. The number of amides is 2. The molecular weight excluding hydrogens is 342 g/mol. The summed E-state index contributed by atoms with van der Waals surface area (Å²) in [5.74, 6) is -0.879. The van der Waals surface area contributed by atoms with Gasteiger partial charge in [-0.05, 0) is 48.9 Å². The number of hydrogen-bond donors (Lipinski definition) is 3. The monoisotopic (exact) mass is 359 g/mol. The zero-order valence-corrected chi connectivity index (χ0v) is 14.6. The Morgan fingerprint density at radius 1 is 1.15 bits per heavy atom. The molecule has 2 aromatic carbocycles. The first-order chi connectivity index (χ1) is 13.0. The molecule has 4 rings (SSSR count). The Labute approximate surface area is 154 Å². The van der Waals surface area contributed by atoms with E-state index in [0.29, 0.717) is 11.3 Å². The molecule has 0 aliphatic carbocycles. The topological polar surface area (TPSA) is 106 Å². The van der Waals surface area contributed by atoms with E-state index >= 15 is 0 Å². The number of benzene rings is 2. The third-order valence-corrected chi connectivity index (χ3v) is 4.30. The smallest absolute Gasteiger partial charge is 0.265 e. The van der Waals surface area contributed by atoms with Crippen LogP contribution < -0.4 is 11.1 Å². The van der Waals surface area contributed by atoms with Crippen LogP contribution in [0.15, 0.2) is 61.1 Å². The van der Waals surface area contributed by atoms with Crippen LogP contribution in [0.1, 0.15) is 26.4 Å². The van der Waals surface area contributed by atoms with Gasteiger partial charge < -0.3 is 16.0 Å². The van der Waals surface area contributed by atoms with E-state index in [1.165, 1.54) is 12.3 Å². The normalized spacial score (nSPS) is 10.9. The van der Waals surface area contributed by atoms with E-state index in [2.05, 4.69) is 21.4 Å². The first-order valence-electron chi connectivity index (χ1n) is 8.35. The van der Waals surface area contributed by atoms with Gasteiger partial charge in [0, 0.05) is 17.4 Å². The van der Waals surface area contributed by atoms with Crippen LogP contribution in [0, 0.1) is 6.92 Å². The molecule has 0 saturated heterocycles. The summed E-state index contributed by atoms with van der Waals surface area (Å²) in [6, 6.07) is 15.0. The van der Waals surface area contributed by atoms with Gasteiger partial charge in [0.05, 0.1) is 16.7 Å². The Morgan fingerprint density at radius 3 is 2.74 bits per heavy atom. The van der Waals surface area contributed by atoms with Gasteiger partial charge in [-0.3, -0.25) is 14.2 Å². The van der Waals surface area contributed by atoms with Crippen molar-refractivity contribution in [3.63, 3.8) is 0 Å². The van der Waals surface area contributed by atoms with Crippen LogP contribution >= 0.6 is 0 Å². The summed E-state index contributed by atoms with van der Waals surface area (Å²) in [6.07, 6.45) is 3.26. The number of H-pyrrole nitrogens is 1. The number of aryl methyl sites for hydroxylation is 1. The lowest BCUT2D eigenvalue weighted by Crippen LogP contribution is -2.12. The molecule has 0 saturated carbocycles. The number of nitrogens with two attached hydrogens (primary N) is 1. The van der Waals surface area contributed by atoms with E-state index < -0.39 is 5.91 Å². The summed E-state index contributed by atoms with van der Waals surface area (Å²) in [6.45, 7) is 2.04. The molecule has 134 valence electrons. The number of anilines is 1. The number of carbonyl (C=O) groups excluding carboxylic acids is 2. The molecule has 2 aromatic heterocycles. The van der Waals surface area contributed by atoms with Gasteiger partial charge in [-0.15, -0.1) is 0 Å². The Bertz CT molecular complexity index is 1170. The van der Waals surface area contributed by atoms with Crippen molar-refractivity contribution in [2.45, 2.75) is 6.92 Å². The number of rotatable bonds is 4. The molecule has 0 aliphatic heterocycles. The van der Waals surface area contributed by atoms with Crippen molar-refractivity contribution in [1.82, 2.24) is 14.5 Å². The van der Waals surface area contributed by atoms with Gasteiger partial charge >= 0.3 is 0 Å². The fourth-order valence-electron chi connectivity index (χ4n) is 2.95. The SMILES string of the molecule is Cc1cccc(-n2cnc3cc(C(=O)Nc4c[nH]c(C(N)=O)c4)ccc32)c1. The van der Waals surface area contributed by atoms with Crippen molar-refractivity contribution < 1.29 is 9.59 Å². The third-order valence-electron chi connectivity index (χ3n) is 4.30. The predicted molar refractivity (Wildman–Crippen MR) is 103 cm³/mol. The fourth-order valence-corrected chi connectivity index (χ4v) is 2.95. The highest BCUT2D eigenvalue weighted by Crippen LogP contribution is 2.21. The molecule has 0 atom stereocenters. The van der Waals surface area contributed by atoms with E-state index in [9.17, 15) is 9.59 Å². The molecule has 4 aromatic rings.